The summed E-state index contributed by atoms with van der Waals surface area (Å²) in [6, 6.07) is 3.57. The van der Waals surface area contributed by atoms with Crippen LogP contribution >= 0.6 is 0 Å². The number of nitrogens with one attached hydrogen (secondary N) is 1. The van der Waals surface area contributed by atoms with Gasteiger partial charge in [0, 0.05) is 58.6 Å². The molecule has 0 spiro atoms. The third kappa shape index (κ3) is 4.12. The van der Waals surface area contributed by atoms with Gasteiger partial charge in [0.2, 0.25) is 5.95 Å². The highest BCUT2D eigenvalue weighted by molar-refractivity contribution is 5.44. The molecule has 2 aliphatic rings. The van der Waals surface area contributed by atoms with Crippen LogP contribution in [0.2, 0.25) is 0 Å². The molecule has 1 unspecified atom stereocenters. The fraction of sp³-hybridized carbons (Fsp3) is 0.579. The lowest BCUT2D eigenvalue weighted by Gasteiger charge is -2.35. The zero-order valence-electron chi connectivity index (χ0n) is 16.9. The standard InChI is InChI=1S/C19H27N7O3/c1-23-16(12-17(27)24(2)19(23)28)26-7-3-4-14(13-26)21-15-5-6-20-18(22-15)25-8-10-29-11-9-25/h5-6,12,14H,3-4,7-11,13H2,1-2H3,(H,20,21,22). The van der Waals surface area contributed by atoms with Gasteiger partial charge in [0.1, 0.15) is 11.6 Å². The third-order valence-electron chi connectivity index (χ3n) is 5.53. The SMILES string of the molecule is Cn1c(N2CCCC(Nc3ccnc(N4CCOCC4)n3)C2)cc(=O)n(C)c1=O. The lowest BCUT2D eigenvalue weighted by molar-refractivity contribution is 0.122. The van der Waals surface area contributed by atoms with E-state index in [1.807, 2.05) is 6.07 Å². The molecule has 2 aliphatic heterocycles. The molecule has 1 atom stereocenters. The van der Waals surface area contributed by atoms with Crippen molar-refractivity contribution < 1.29 is 4.74 Å². The van der Waals surface area contributed by atoms with Crippen LogP contribution in [0.25, 0.3) is 0 Å². The van der Waals surface area contributed by atoms with Crippen molar-refractivity contribution in [1.82, 2.24) is 19.1 Å². The van der Waals surface area contributed by atoms with Crippen molar-refractivity contribution in [3.8, 4) is 0 Å². The van der Waals surface area contributed by atoms with Crippen LogP contribution in [0, 0.1) is 0 Å². The van der Waals surface area contributed by atoms with Gasteiger partial charge in [0.05, 0.1) is 13.2 Å². The Morgan fingerprint density at radius 1 is 1.10 bits per heavy atom. The Kier molecular flexibility index (Phi) is 5.52. The van der Waals surface area contributed by atoms with Gasteiger partial charge in [-0.15, -0.1) is 0 Å². The molecule has 2 aromatic rings. The van der Waals surface area contributed by atoms with Gasteiger partial charge in [-0.2, -0.15) is 4.98 Å². The molecule has 156 valence electrons. The van der Waals surface area contributed by atoms with Crippen LogP contribution < -0.4 is 26.4 Å². The van der Waals surface area contributed by atoms with Crippen molar-refractivity contribution >= 4 is 17.6 Å². The van der Waals surface area contributed by atoms with E-state index in [0.29, 0.717) is 31.5 Å². The largest absolute Gasteiger partial charge is 0.378 e. The van der Waals surface area contributed by atoms with Crippen LogP contribution in [0.5, 0.6) is 0 Å². The smallest absolute Gasteiger partial charge is 0.332 e. The van der Waals surface area contributed by atoms with Crippen LogP contribution in [-0.2, 0) is 18.8 Å². The zero-order chi connectivity index (χ0) is 20.4. The van der Waals surface area contributed by atoms with Gasteiger partial charge in [0.15, 0.2) is 0 Å². The van der Waals surface area contributed by atoms with E-state index in [0.717, 1.165) is 42.9 Å². The normalized spacial score (nSPS) is 20.0. The minimum Gasteiger partial charge on any atom is -0.378 e. The van der Waals surface area contributed by atoms with Crippen LogP contribution in [0.15, 0.2) is 27.9 Å². The highest BCUT2D eigenvalue weighted by atomic mass is 16.5. The molecule has 2 aromatic heterocycles. The van der Waals surface area contributed by atoms with Crippen molar-refractivity contribution in [3.05, 3.63) is 39.2 Å². The molecule has 10 heteroatoms. The van der Waals surface area contributed by atoms with E-state index >= 15 is 0 Å². The molecule has 2 fully saturated rings. The lowest BCUT2D eigenvalue weighted by Crippen LogP contribution is -2.46. The van der Waals surface area contributed by atoms with Gasteiger partial charge >= 0.3 is 5.69 Å². The van der Waals surface area contributed by atoms with E-state index in [-0.39, 0.29) is 17.3 Å². The minimum atomic E-state index is -0.312. The summed E-state index contributed by atoms with van der Waals surface area (Å²) in [5, 5.41) is 3.50. The number of ether oxygens (including phenoxy) is 1. The van der Waals surface area contributed by atoms with E-state index in [1.54, 1.807) is 13.2 Å². The Balaban J connectivity index is 1.49. The number of nitrogens with zero attached hydrogens (tertiary/aromatic N) is 6. The van der Waals surface area contributed by atoms with Gasteiger partial charge in [-0.05, 0) is 18.9 Å². The summed E-state index contributed by atoms with van der Waals surface area (Å²) < 4.78 is 8.05. The van der Waals surface area contributed by atoms with E-state index in [4.69, 9.17) is 4.74 Å². The van der Waals surface area contributed by atoms with Crippen molar-refractivity contribution in [3.63, 3.8) is 0 Å². The Bertz CT molecular complexity index is 980. The van der Waals surface area contributed by atoms with E-state index in [2.05, 4.69) is 25.1 Å². The summed E-state index contributed by atoms with van der Waals surface area (Å²) in [4.78, 5) is 37.6. The molecule has 4 heterocycles. The molecule has 0 aliphatic carbocycles. The third-order valence-corrected chi connectivity index (χ3v) is 5.53. The fourth-order valence-corrected chi connectivity index (χ4v) is 3.88. The quantitative estimate of drug-likeness (QED) is 0.752. The van der Waals surface area contributed by atoms with Crippen molar-refractivity contribution in [2.24, 2.45) is 14.1 Å². The van der Waals surface area contributed by atoms with Gasteiger partial charge < -0.3 is 19.9 Å². The molecule has 0 saturated carbocycles. The summed E-state index contributed by atoms with van der Waals surface area (Å²) in [5.41, 5.74) is -0.599. The van der Waals surface area contributed by atoms with Gasteiger partial charge in [-0.25, -0.2) is 9.78 Å². The van der Waals surface area contributed by atoms with Crippen LogP contribution in [0.4, 0.5) is 17.6 Å². The number of hydrogen-bond donors (Lipinski definition) is 1. The van der Waals surface area contributed by atoms with Crippen molar-refractivity contribution in [1.29, 1.82) is 0 Å². The molecule has 10 nitrogen and oxygen atoms in total. The minimum absolute atomic E-state index is 0.162. The second-order valence-electron chi connectivity index (χ2n) is 7.51. The summed E-state index contributed by atoms with van der Waals surface area (Å²) >= 11 is 0. The summed E-state index contributed by atoms with van der Waals surface area (Å²) in [7, 11) is 3.20. The molecule has 29 heavy (non-hydrogen) atoms. The maximum Gasteiger partial charge on any atom is 0.332 e. The number of aromatic nitrogens is 4. The summed E-state index contributed by atoms with van der Waals surface area (Å²) in [6.07, 6.45) is 3.72. The van der Waals surface area contributed by atoms with Crippen LogP contribution in [-0.4, -0.2) is 64.5 Å². The predicted octanol–water partition coefficient (Wildman–Crippen LogP) is -0.208. The van der Waals surface area contributed by atoms with E-state index in [9.17, 15) is 9.59 Å². The first-order valence-electron chi connectivity index (χ1n) is 9.97. The maximum atomic E-state index is 12.3. The van der Waals surface area contributed by atoms with Crippen LogP contribution in [0.3, 0.4) is 0 Å². The van der Waals surface area contributed by atoms with Crippen LogP contribution in [0.1, 0.15) is 12.8 Å². The van der Waals surface area contributed by atoms with Gasteiger partial charge in [-0.1, -0.05) is 0 Å². The first-order valence-corrected chi connectivity index (χ1v) is 9.97. The average Bonchev–Trinajstić information content (AvgIpc) is 2.76. The Hall–Kier alpha value is -2.88. The van der Waals surface area contributed by atoms with Gasteiger partial charge in [0.25, 0.3) is 5.56 Å². The molecule has 2 saturated heterocycles. The molecule has 4 rings (SSSR count). The number of hydrogen-bond acceptors (Lipinski definition) is 8. The second-order valence-corrected chi connectivity index (χ2v) is 7.51. The van der Waals surface area contributed by atoms with Crippen molar-refractivity contribution in [2.45, 2.75) is 18.9 Å². The predicted molar refractivity (Wildman–Crippen MR) is 111 cm³/mol. The topological polar surface area (TPSA) is 97.5 Å². The monoisotopic (exact) mass is 401 g/mol. The second kappa shape index (κ2) is 8.24. The van der Waals surface area contributed by atoms with Gasteiger partial charge in [-0.3, -0.25) is 13.9 Å². The number of morpholine rings is 1. The maximum absolute atomic E-state index is 12.3. The Labute approximate surface area is 168 Å². The highest BCUT2D eigenvalue weighted by Crippen LogP contribution is 2.20. The first kappa shape index (κ1) is 19.4. The molecule has 1 N–H and O–H groups in total. The fourth-order valence-electron chi connectivity index (χ4n) is 3.88. The molecule has 0 bridgehead atoms. The number of anilines is 3. The number of piperidine rings is 1. The van der Waals surface area contributed by atoms with E-state index < -0.39 is 0 Å². The molecular weight excluding hydrogens is 374 g/mol. The Morgan fingerprint density at radius 3 is 2.69 bits per heavy atom. The molecular formula is C19H27N7O3. The number of rotatable bonds is 4. The summed E-state index contributed by atoms with van der Waals surface area (Å²) in [5.74, 6) is 2.15. The van der Waals surface area contributed by atoms with E-state index in [1.165, 1.54) is 17.7 Å². The highest BCUT2D eigenvalue weighted by Gasteiger charge is 2.23. The lowest BCUT2D eigenvalue weighted by atomic mass is 10.1. The molecule has 0 radical (unpaired) electrons. The molecule has 0 aromatic carbocycles. The summed E-state index contributed by atoms with van der Waals surface area (Å²) in [6.45, 7) is 4.45. The zero-order valence-corrected chi connectivity index (χ0v) is 16.9. The van der Waals surface area contributed by atoms with Crippen molar-refractivity contribution in [2.75, 3.05) is 54.5 Å². The molecule has 0 amide bonds. The average molecular weight is 401 g/mol. The first-order chi connectivity index (χ1) is 14.0. The Morgan fingerprint density at radius 2 is 1.90 bits per heavy atom.